The predicted octanol–water partition coefficient (Wildman–Crippen LogP) is 2.32. The summed E-state index contributed by atoms with van der Waals surface area (Å²) in [6.45, 7) is 0. The summed E-state index contributed by atoms with van der Waals surface area (Å²) < 4.78 is 0. The lowest BCUT2D eigenvalue weighted by Gasteiger charge is -1.99. The smallest absolute Gasteiger partial charge is 0.174 e. The van der Waals surface area contributed by atoms with E-state index in [-0.39, 0.29) is 0 Å². The van der Waals surface area contributed by atoms with Gasteiger partial charge in [0.05, 0.1) is 11.0 Å². The Morgan fingerprint density at radius 1 is 1.46 bits per heavy atom. The number of hydrogen-bond donors (Lipinski definition) is 1. The fourth-order valence-electron chi connectivity index (χ4n) is 1.77. The van der Waals surface area contributed by atoms with Crippen LogP contribution in [0.15, 0.2) is 18.2 Å². The van der Waals surface area contributed by atoms with Crippen molar-refractivity contribution in [2.75, 3.05) is 0 Å². The number of aromatic nitrogens is 2. The van der Waals surface area contributed by atoms with Gasteiger partial charge in [-0.1, -0.05) is 12.1 Å². The molecule has 0 aliphatic heterocycles. The minimum Gasteiger partial charge on any atom is -0.335 e. The van der Waals surface area contributed by atoms with Gasteiger partial charge in [0.15, 0.2) is 6.33 Å². The van der Waals surface area contributed by atoms with Crippen LogP contribution < -0.4 is 0 Å². The van der Waals surface area contributed by atoms with E-state index >= 15 is 0 Å². The maximum absolute atomic E-state index is 4.22. The van der Waals surface area contributed by atoms with Crippen molar-refractivity contribution in [2.45, 2.75) is 19.3 Å². The molecule has 0 atom stereocenters. The standard InChI is InChI=1S/C11H11N2/c1-2-9(6-8-4-5-8)11-10(3-1)12-7-13-11/h1-3,8H,4-6H2,(H,12,13). The number of H-pyrrole nitrogens is 1. The molecule has 1 N–H and O–H groups in total. The first-order chi connectivity index (χ1) is 6.43. The SMILES string of the molecule is [c]1nc2c(CC3CC3)cccc2[nH]1. The van der Waals surface area contributed by atoms with E-state index in [1.807, 2.05) is 0 Å². The van der Waals surface area contributed by atoms with Gasteiger partial charge >= 0.3 is 0 Å². The van der Waals surface area contributed by atoms with Crippen LogP contribution in [0.1, 0.15) is 18.4 Å². The minimum atomic E-state index is 0.919. The maximum Gasteiger partial charge on any atom is 0.174 e. The van der Waals surface area contributed by atoms with Gasteiger partial charge in [0.1, 0.15) is 0 Å². The molecule has 1 radical (unpaired) electrons. The average molecular weight is 171 g/mol. The van der Waals surface area contributed by atoms with Crippen molar-refractivity contribution in [3.8, 4) is 0 Å². The highest BCUT2D eigenvalue weighted by Crippen LogP contribution is 2.33. The summed E-state index contributed by atoms with van der Waals surface area (Å²) in [6.07, 6.45) is 6.77. The van der Waals surface area contributed by atoms with E-state index in [4.69, 9.17) is 0 Å². The largest absolute Gasteiger partial charge is 0.335 e. The molecular weight excluding hydrogens is 160 g/mol. The van der Waals surface area contributed by atoms with Gasteiger partial charge in [-0.25, -0.2) is 4.98 Å². The van der Waals surface area contributed by atoms with Crippen LogP contribution in [0.5, 0.6) is 0 Å². The molecular formula is C11H11N2. The average Bonchev–Trinajstić information content (AvgIpc) is 2.83. The summed E-state index contributed by atoms with van der Waals surface area (Å²) in [5.74, 6) is 0.919. The van der Waals surface area contributed by atoms with Gasteiger partial charge in [-0.05, 0) is 36.8 Å². The molecule has 1 aliphatic rings. The van der Waals surface area contributed by atoms with Gasteiger partial charge in [-0.15, -0.1) is 0 Å². The Hall–Kier alpha value is -1.31. The molecule has 0 amide bonds. The highest BCUT2D eigenvalue weighted by Gasteiger charge is 2.22. The van der Waals surface area contributed by atoms with Gasteiger partial charge < -0.3 is 4.98 Å². The van der Waals surface area contributed by atoms with Crippen molar-refractivity contribution < 1.29 is 0 Å². The molecule has 0 saturated heterocycles. The van der Waals surface area contributed by atoms with Crippen molar-refractivity contribution in [1.82, 2.24) is 9.97 Å². The third-order valence-electron chi connectivity index (χ3n) is 2.68. The zero-order valence-electron chi connectivity index (χ0n) is 7.38. The molecule has 0 bridgehead atoms. The third-order valence-corrected chi connectivity index (χ3v) is 2.68. The highest BCUT2D eigenvalue weighted by atomic mass is 14.9. The fourth-order valence-corrected chi connectivity index (χ4v) is 1.77. The van der Waals surface area contributed by atoms with Crippen molar-refractivity contribution in [3.63, 3.8) is 0 Å². The molecule has 1 aromatic carbocycles. The second-order valence-corrected chi connectivity index (χ2v) is 3.81. The normalized spacial score (nSPS) is 16.6. The predicted molar refractivity (Wildman–Crippen MR) is 51.4 cm³/mol. The Morgan fingerprint density at radius 3 is 3.23 bits per heavy atom. The summed E-state index contributed by atoms with van der Waals surface area (Å²) >= 11 is 0. The zero-order chi connectivity index (χ0) is 8.67. The van der Waals surface area contributed by atoms with Gasteiger partial charge in [0.2, 0.25) is 0 Å². The molecule has 65 valence electrons. The minimum absolute atomic E-state index is 0.919. The first kappa shape index (κ1) is 7.13. The molecule has 1 aliphatic carbocycles. The second-order valence-electron chi connectivity index (χ2n) is 3.81. The lowest BCUT2D eigenvalue weighted by molar-refractivity contribution is 0.837. The zero-order valence-corrected chi connectivity index (χ0v) is 7.38. The maximum atomic E-state index is 4.22. The number of rotatable bonds is 2. The summed E-state index contributed by atoms with van der Waals surface area (Å²) in [5.41, 5.74) is 3.59. The van der Waals surface area contributed by atoms with E-state index in [0.29, 0.717) is 0 Å². The van der Waals surface area contributed by atoms with Gasteiger partial charge in [0, 0.05) is 0 Å². The van der Waals surface area contributed by atoms with Crippen molar-refractivity contribution in [3.05, 3.63) is 30.1 Å². The number of benzene rings is 1. The van der Waals surface area contributed by atoms with E-state index in [1.165, 1.54) is 24.8 Å². The molecule has 2 heteroatoms. The third kappa shape index (κ3) is 1.22. The van der Waals surface area contributed by atoms with Crippen molar-refractivity contribution in [2.24, 2.45) is 5.92 Å². The first-order valence-electron chi connectivity index (χ1n) is 4.77. The number of aromatic amines is 1. The van der Waals surface area contributed by atoms with E-state index in [9.17, 15) is 0 Å². The molecule has 1 heterocycles. The van der Waals surface area contributed by atoms with E-state index in [2.05, 4.69) is 34.5 Å². The van der Waals surface area contributed by atoms with Crippen molar-refractivity contribution in [1.29, 1.82) is 0 Å². The monoisotopic (exact) mass is 171 g/mol. The topological polar surface area (TPSA) is 28.7 Å². The van der Waals surface area contributed by atoms with Crippen LogP contribution in [0, 0.1) is 12.2 Å². The summed E-state index contributed by atoms with van der Waals surface area (Å²) in [5, 5.41) is 0. The Balaban J connectivity index is 2.09. The molecule has 3 rings (SSSR count). The number of imidazole rings is 1. The number of nitrogens with zero attached hydrogens (tertiary/aromatic N) is 1. The Labute approximate surface area is 77.0 Å². The van der Waals surface area contributed by atoms with E-state index in [0.717, 1.165) is 17.0 Å². The van der Waals surface area contributed by atoms with Gasteiger partial charge in [-0.2, -0.15) is 0 Å². The van der Waals surface area contributed by atoms with E-state index < -0.39 is 0 Å². The van der Waals surface area contributed by atoms with Crippen LogP contribution in [0.2, 0.25) is 0 Å². The molecule has 1 fully saturated rings. The molecule has 0 spiro atoms. The van der Waals surface area contributed by atoms with Crippen molar-refractivity contribution >= 4 is 11.0 Å². The summed E-state index contributed by atoms with van der Waals surface area (Å²) in [4.78, 5) is 7.24. The van der Waals surface area contributed by atoms with E-state index in [1.54, 1.807) is 0 Å². The number of nitrogens with one attached hydrogen (secondary N) is 1. The molecule has 2 nitrogen and oxygen atoms in total. The number of hydrogen-bond acceptors (Lipinski definition) is 1. The Kier molecular flexibility index (Phi) is 1.42. The van der Waals surface area contributed by atoms with Crippen LogP contribution in [0.3, 0.4) is 0 Å². The molecule has 2 aromatic rings. The quantitative estimate of drug-likeness (QED) is 0.738. The summed E-state index contributed by atoms with van der Waals surface area (Å²) in [6, 6.07) is 6.32. The fraction of sp³-hybridized carbons (Fsp3) is 0.364. The highest BCUT2D eigenvalue weighted by molar-refractivity contribution is 5.77. The Morgan fingerprint density at radius 2 is 2.38 bits per heavy atom. The molecule has 13 heavy (non-hydrogen) atoms. The molecule has 1 aromatic heterocycles. The lowest BCUT2D eigenvalue weighted by atomic mass is 10.1. The lowest BCUT2D eigenvalue weighted by Crippen LogP contribution is -1.88. The molecule has 1 saturated carbocycles. The van der Waals surface area contributed by atoms with Crippen LogP contribution in [0.25, 0.3) is 11.0 Å². The number of fused-ring (bicyclic) bond motifs is 1. The second kappa shape index (κ2) is 2.59. The van der Waals surface area contributed by atoms with Crippen LogP contribution >= 0.6 is 0 Å². The summed E-state index contributed by atoms with van der Waals surface area (Å²) in [7, 11) is 0. The van der Waals surface area contributed by atoms with Gasteiger partial charge in [0.25, 0.3) is 0 Å². The number of para-hydroxylation sites is 1. The van der Waals surface area contributed by atoms with Crippen LogP contribution in [-0.2, 0) is 6.42 Å². The van der Waals surface area contributed by atoms with Crippen LogP contribution in [0.4, 0.5) is 0 Å². The Bertz CT molecular complexity index is 426. The van der Waals surface area contributed by atoms with Crippen LogP contribution in [-0.4, -0.2) is 9.97 Å². The molecule has 0 unspecified atom stereocenters. The first-order valence-corrected chi connectivity index (χ1v) is 4.77. The van der Waals surface area contributed by atoms with Gasteiger partial charge in [-0.3, -0.25) is 0 Å².